The summed E-state index contributed by atoms with van der Waals surface area (Å²) in [6.45, 7) is 1.51. The number of carbonyl (C=O) groups is 2. The predicted molar refractivity (Wildman–Crippen MR) is 126 cm³/mol. The molecule has 0 saturated carbocycles. The lowest BCUT2D eigenvalue weighted by Crippen LogP contribution is -2.43. The van der Waals surface area contributed by atoms with Crippen molar-refractivity contribution in [3.63, 3.8) is 0 Å². The maximum absolute atomic E-state index is 13.7. The minimum absolute atomic E-state index is 0.0656. The van der Waals surface area contributed by atoms with E-state index in [-0.39, 0.29) is 26.2 Å². The molecule has 13 heteroatoms. The summed E-state index contributed by atoms with van der Waals surface area (Å²) in [5.74, 6) is -3.77. The fourth-order valence-corrected chi connectivity index (χ4v) is 3.72. The highest BCUT2D eigenvalue weighted by Crippen LogP contribution is 2.41. The maximum atomic E-state index is 13.7. The van der Waals surface area contributed by atoms with Crippen LogP contribution in [0.1, 0.15) is 45.8 Å². The Balaban J connectivity index is 2.19. The molecule has 0 aliphatic rings. The van der Waals surface area contributed by atoms with Gasteiger partial charge in [-0.3, -0.25) is 20.0 Å². The second-order valence-electron chi connectivity index (χ2n) is 7.76. The molecule has 2 rings (SSSR count). The first-order valence-electron chi connectivity index (χ1n) is 10.1. The van der Waals surface area contributed by atoms with Crippen LogP contribution in [0.3, 0.4) is 0 Å². The topological polar surface area (TPSA) is 49.4 Å². The minimum atomic E-state index is -4.67. The van der Waals surface area contributed by atoms with Gasteiger partial charge in [0.15, 0.2) is 0 Å². The molecule has 0 saturated heterocycles. The van der Waals surface area contributed by atoms with Crippen molar-refractivity contribution in [1.82, 2.24) is 10.4 Å². The van der Waals surface area contributed by atoms with E-state index < -0.39 is 42.9 Å². The van der Waals surface area contributed by atoms with Gasteiger partial charge in [0.05, 0.1) is 27.4 Å². The molecule has 0 fully saturated rings. The van der Waals surface area contributed by atoms with E-state index in [9.17, 15) is 35.9 Å². The van der Waals surface area contributed by atoms with E-state index in [1.54, 1.807) is 0 Å². The number of hydrogen-bond acceptors (Lipinski definition) is 2. The second-order valence-corrected chi connectivity index (χ2v) is 8.95. The maximum Gasteiger partial charge on any atom is 0.399 e. The zero-order valence-corrected chi connectivity index (χ0v) is 21.0. The predicted octanol–water partition coefficient (Wildman–Crippen LogP) is 7.76. The molecular weight excluding hydrogens is 557 g/mol. The molecule has 0 heterocycles. The second kappa shape index (κ2) is 11.7. The van der Waals surface area contributed by atoms with Gasteiger partial charge in [0, 0.05) is 19.0 Å². The summed E-state index contributed by atoms with van der Waals surface area (Å²) < 4.78 is 78.0. The number of hydrogen-bond donors (Lipinski definition) is 1. The number of alkyl halides is 6. The Hall–Kier alpha value is -2.43. The van der Waals surface area contributed by atoms with Crippen molar-refractivity contribution >= 4 is 52.7 Å². The van der Waals surface area contributed by atoms with Gasteiger partial charge < -0.3 is 0 Å². The molecule has 2 amide bonds. The molecule has 2 aromatic carbocycles. The molecule has 0 bridgehead atoms. The number of aryl methyl sites for hydroxylation is 1. The third kappa shape index (κ3) is 8.31. The van der Waals surface area contributed by atoms with E-state index in [2.05, 4.69) is 5.43 Å². The van der Waals surface area contributed by atoms with E-state index in [0.717, 1.165) is 25.3 Å². The molecule has 2 aromatic rings. The molecule has 0 radical (unpaired) electrons. The zero-order valence-electron chi connectivity index (χ0n) is 18.7. The van der Waals surface area contributed by atoms with Crippen LogP contribution in [0, 0.1) is 6.92 Å². The lowest BCUT2D eigenvalue weighted by molar-refractivity contribution is -0.149. The van der Waals surface area contributed by atoms with E-state index in [4.69, 9.17) is 34.8 Å². The van der Waals surface area contributed by atoms with Crippen molar-refractivity contribution in [3.05, 3.63) is 73.7 Å². The summed E-state index contributed by atoms with van der Waals surface area (Å²) in [5, 5.41) is 0.325. The normalized spacial score (nSPS) is 13.1. The van der Waals surface area contributed by atoms with Crippen LogP contribution in [0.25, 0.3) is 6.08 Å². The number of nitrogens with zero attached hydrogens (tertiary/aromatic N) is 1. The summed E-state index contributed by atoms with van der Waals surface area (Å²) in [7, 11) is 1.11. The van der Waals surface area contributed by atoms with Crippen LogP contribution in [-0.4, -0.2) is 36.2 Å². The summed E-state index contributed by atoms with van der Waals surface area (Å²) >= 11 is 17.6. The Bertz CT molecular complexity index is 1140. The first-order valence-corrected chi connectivity index (χ1v) is 11.3. The fourth-order valence-electron chi connectivity index (χ4n) is 3.11. The molecule has 0 aliphatic carbocycles. The Labute approximate surface area is 217 Å². The minimum Gasteiger partial charge on any atom is -0.273 e. The van der Waals surface area contributed by atoms with Crippen molar-refractivity contribution in [2.45, 2.75) is 38.0 Å². The van der Waals surface area contributed by atoms with Crippen LogP contribution in [-0.2, 0) is 4.79 Å². The number of halogens is 9. The molecular formula is C23H19Cl3F6N2O2. The quantitative estimate of drug-likeness (QED) is 0.217. The summed E-state index contributed by atoms with van der Waals surface area (Å²) in [6, 6.07) is 6.27. The average Bonchev–Trinajstić information content (AvgIpc) is 2.74. The Morgan fingerprint density at radius 3 is 2.11 bits per heavy atom. The molecule has 0 aliphatic heterocycles. The lowest BCUT2D eigenvalue weighted by atomic mass is 9.96. The number of nitrogens with one attached hydrogen (secondary N) is 1. The van der Waals surface area contributed by atoms with Crippen LogP contribution in [0.15, 0.2) is 36.4 Å². The molecule has 1 N–H and O–H groups in total. The fraction of sp³-hybridized carbons (Fsp3) is 0.304. The smallest absolute Gasteiger partial charge is 0.273 e. The van der Waals surface area contributed by atoms with E-state index in [1.165, 1.54) is 31.2 Å². The molecule has 1 unspecified atom stereocenters. The number of carbonyl (C=O) groups excluding carboxylic acids is 2. The molecule has 4 nitrogen and oxygen atoms in total. The van der Waals surface area contributed by atoms with Crippen LogP contribution >= 0.6 is 34.8 Å². The van der Waals surface area contributed by atoms with E-state index >= 15 is 0 Å². The number of hydrazine groups is 1. The molecule has 36 heavy (non-hydrogen) atoms. The van der Waals surface area contributed by atoms with Crippen molar-refractivity contribution in [3.8, 4) is 0 Å². The largest absolute Gasteiger partial charge is 0.399 e. The number of amides is 2. The first kappa shape index (κ1) is 29.8. The Morgan fingerprint density at radius 2 is 1.61 bits per heavy atom. The zero-order chi connectivity index (χ0) is 27.4. The monoisotopic (exact) mass is 574 g/mol. The van der Waals surface area contributed by atoms with Gasteiger partial charge in [-0.15, -0.1) is 0 Å². The van der Waals surface area contributed by atoms with Gasteiger partial charge in [0.25, 0.3) is 5.91 Å². The van der Waals surface area contributed by atoms with Crippen molar-refractivity contribution < 1.29 is 35.9 Å². The highest BCUT2D eigenvalue weighted by molar-refractivity contribution is 6.48. The number of benzene rings is 2. The van der Waals surface area contributed by atoms with Gasteiger partial charge >= 0.3 is 12.4 Å². The van der Waals surface area contributed by atoms with Gasteiger partial charge in [-0.05, 0) is 41.8 Å². The summed E-state index contributed by atoms with van der Waals surface area (Å²) in [4.78, 5) is 24.2. The Kier molecular flexibility index (Phi) is 9.72. The summed E-state index contributed by atoms with van der Waals surface area (Å²) in [6.07, 6.45) is -9.26. The molecule has 1 atom stereocenters. The Morgan fingerprint density at radius 1 is 1.03 bits per heavy atom. The summed E-state index contributed by atoms with van der Waals surface area (Å²) in [5.41, 5.74) is 2.72. The van der Waals surface area contributed by atoms with Crippen molar-refractivity contribution in [2.75, 3.05) is 7.05 Å². The van der Waals surface area contributed by atoms with E-state index in [1.807, 2.05) is 0 Å². The molecule has 196 valence electrons. The van der Waals surface area contributed by atoms with Crippen LogP contribution in [0.5, 0.6) is 0 Å². The van der Waals surface area contributed by atoms with Gasteiger partial charge in [0.2, 0.25) is 5.91 Å². The third-order valence-corrected chi connectivity index (χ3v) is 6.16. The van der Waals surface area contributed by atoms with Crippen LogP contribution in [0.4, 0.5) is 26.3 Å². The SMILES string of the molecule is Cc1cc(/C=C/C(c2cc(Cl)c(Cl)c(Cl)c2)C(F)(F)F)ccc1C(=O)NN(C)C(=O)CCC(F)(F)F. The van der Waals surface area contributed by atoms with Gasteiger partial charge in [0.1, 0.15) is 0 Å². The lowest BCUT2D eigenvalue weighted by Gasteiger charge is -2.19. The molecule has 0 aromatic heterocycles. The highest BCUT2D eigenvalue weighted by atomic mass is 35.5. The van der Waals surface area contributed by atoms with Crippen LogP contribution < -0.4 is 5.43 Å². The number of allylic oxidation sites excluding steroid dienone is 1. The van der Waals surface area contributed by atoms with E-state index in [0.29, 0.717) is 16.1 Å². The van der Waals surface area contributed by atoms with Gasteiger partial charge in [-0.2, -0.15) is 26.3 Å². The average molecular weight is 576 g/mol. The van der Waals surface area contributed by atoms with Gasteiger partial charge in [-0.25, -0.2) is 0 Å². The third-order valence-electron chi connectivity index (χ3n) is 4.96. The van der Waals surface area contributed by atoms with Crippen LogP contribution in [0.2, 0.25) is 15.1 Å². The van der Waals surface area contributed by atoms with Crippen molar-refractivity contribution in [1.29, 1.82) is 0 Å². The van der Waals surface area contributed by atoms with Crippen molar-refractivity contribution in [2.24, 2.45) is 0 Å². The standard InChI is InChI=1S/C23H19Cl3F6N2O2/c1-12-9-13(3-5-15(12)21(36)33-34(2)19(35)7-8-22(27,28)29)4-6-16(23(30,31)32)14-10-17(24)20(26)18(25)11-14/h3-6,9-11,16H,7-8H2,1-2H3,(H,33,36)/b6-4+. The number of rotatable bonds is 6. The molecule has 0 spiro atoms. The van der Waals surface area contributed by atoms with Gasteiger partial charge in [-0.1, -0.05) is 59.1 Å². The first-order chi connectivity index (χ1) is 16.5. The highest BCUT2D eigenvalue weighted by Gasteiger charge is 2.39.